The van der Waals surface area contributed by atoms with Crippen molar-refractivity contribution in [1.29, 1.82) is 0 Å². The number of β-amino-alcohol motifs (C(OH)–C–C–N with tert-alkyl or cyclic N) is 1. The lowest BCUT2D eigenvalue weighted by molar-refractivity contribution is 0.167. The van der Waals surface area contributed by atoms with Crippen molar-refractivity contribution in [2.75, 3.05) is 6.54 Å². The van der Waals surface area contributed by atoms with E-state index >= 15 is 0 Å². The molecule has 1 aromatic carbocycles. The van der Waals surface area contributed by atoms with Gasteiger partial charge in [-0.2, -0.15) is 0 Å². The lowest BCUT2D eigenvalue weighted by atomic mass is 10.0. The summed E-state index contributed by atoms with van der Waals surface area (Å²) in [7, 11) is 0. The van der Waals surface area contributed by atoms with Crippen LogP contribution in [0.3, 0.4) is 0 Å². The number of furan rings is 1. The van der Waals surface area contributed by atoms with Crippen LogP contribution in [0, 0.1) is 5.82 Å². The smallest absolute Gasteiger partial charge is 0.283 e. The Labute approximate surface area is 137 Å². The Morgan fingerprint density at radius 3 is 2.96 bits per heavy atom. The number of aromatic nitrogens is 2. The first-order chi connectivity index (χ1) is 11.7. The van der Waals surface area contributed by atoms with Crippen molar-refractivity contribution in [1.82, 2.24) is 15.1 Å². The van der Waals surface area contributed by atoms with Gasteiger partial charge in [-0.05, 0) is 36.2 Å². The van der Waals surface area contributed by atoms with E-state index in [2.05, 4.69) is 10.2 Å². The fourth-order valence-electron chi connectivity index (χ4n) is 3.11. The van der Waals surface area contributed by atoms with Gasteiger partial charge in [0.05, 0.1) is 18.9 Å². The molecule has 3 aromatic rings. The molecule has 1 saturated heterocycles. The van der Waals surface area contributed by atoms with E-state index in [1.54, 1.807) is 18.2 Å². The van der Waals surface area contributed by atoms with E-state index < -0.39 is 6.10 Å². The van der Waals surface area contributed by atoms with Crippen molar-refractivity contribution in [2.45, 2.75) is 25.1 Å². The number of benzene rings is 1. The molecule has 0 saturated carbocycles. The van der Waals surface area contributed by atoms with Crippen LogP contribution >= 0.6 is 0 Å². The van der Waals surface area contributed by atoms with E-state index in [-0.39, 0.29) is 11.9 Å². The SMILES string of the molecule is O[C@@H]1C[C@H](c2cccc(F)c2)N(Cc2nnc(-c3ccco3)o2)C1. The number of rotatable bonds is 4. The average Bonchev–Trinajstić information content (AvgIpc) is 3.28. The van der Waals surface area contributed by atoms with E-state index in [4.69, 9.17) is 8.83 Å². The van der Waals surface area contributed by atoms with Crippen molar-refractivity contribution < 1.29 is 18.3 Å². The van der Waals surface area contributed by atoms with Gasteiger partial charge in [-0.1, -0.05) is 12.1 Å². The highest BCUT2D eigenvalue weighted by molar-refractivity contribution is 5.42. The molecule has 1 aliphatic rings. The summed E-state index contributed by atoms with van der Waals surface area (Å²) >= 11 is 0. The molecule has 4 rings (SSSR count). The third-order valence-electron chi connectivity index (χ3n) is 4.15. The molecule has 0 unspecified atom stereocenters. The van der Waals surface area contributed by atoms with E-state index in [0.717, 1.165) is 5.56 Å². The molecule has 2 atom stereocenters. The van der Waals surface area contributed by atoms with E-state index in [0.29, 0.717) is 37.1 Å². The van der Waals surface area contributed by atoms with Gasteiger partial charge in [0.1, 0.15) is 5.82 Å². The highest BCUT2D eigenvalue weighted by Crippen LogP contribution is 2.33. The summed E-state index contributed by atoms with van der Waals surface area (Å²) in [5.41, 5.74) is 0.831. The van der Waals surface area contributed by atoms with Crippen LogP contribution in [0.1, 0.15) is 23.9 Å². The van der Waals surface area contributed by atoms with Crippen molar-refractivity contribution in [2.24, 2.45) is 0 Å². The molecule has 0 bridgehead atoms. The van der Waals surface area contributed by atoms with Crippen molar-refractivity contribution in [3.8, 4) is 11.7 Å². The maximum absolute atomic E-state index is 13.5. The Morgan fingerprint density at radius 2 is 2.17 bits per heavy atom. The number of halogens is 1. The quantitative estimate of drug-likeness (QED) is 0.793. The highest BCUT2D eigenvalue weighted by atomic mass is 19.1. The van der Waals surface area contributed by atoms with Gasteiger partial charge in [-0.15, -0.1) is 10.2 Å². The molecule has 1 fully saturated rings. The summed E-state index contributed by atoms with van der Waals surface area (Å²) < 4.78 is 24.4. The van der Waals surface area contributed by atoms with Gasteiger partial charge >= 0.3 is 0 Å². The van der Waals surface area contributed by atoms with Gasteiger partial charge in [-0.3, -0.25) is 4.90 Å². The first-order valence-corrected chi connectivity index (χ1v) is 7.73. The standard InChI is InChI=1S/C17H16FN3O3/c18-12-4-1-3-11(7-12)14-8-13(22)9-21(14)10-16-19-20-17(24-16)15-5-2-6-23-15/h1-7,13-14,22H,8-10H2/t13-,14-/m1/s1. The first kappa shape index (κ1) is 15.0. The van der Waals surface area contributed by atoms with Gasteiger partial charge in [0, 0.05) is 12.6 Å². The van der Waals surface area contributed by atoms with Crippen molar-refractivity contribution >= 4 is 0 Å². The van der Waals surface area contributed by atoms with Crippen LogP contribution in [0.25, 0.3) is 11.7 Å². The number of aliphatic hydroxyl groups excluding tert-OH is 1. The molecule has 0 radical (unpaired) electrons. The van der Waals surface area contributed by atoms with Gasteiger partial charge in [0.15, 0.2) is 5.76 Å². The number of nitrogens with zero attached hydrogens (tertiary/aromatic N) is 3. The summed E-state index contributed by atoms with van der Waals surface area (Å²) in [4.78, 5) is 2.01. The highest BCUT2D eigenvalue weighted by Gasteiger charge is 2.33. The second-order valence-corrected chi connectivity index (χ2v) is 5.87. The molecule has 2 aromatic heterocycles. The average molecular weight is 329 g/mol. The maximum atomic E-state index is 13.5. The molecule has 0 amide bonds. The Balaban J connectivity index is 1.54. The fourth-order valence-corrected chi connectivity index (χ4v) is 3.11. The van der Waals surface area contributed by atoms with Gasteiger partial charge in [0.25, 0.3) is 5.89 Å². The van der Waals surface area contributed by atoms with Crippen LogP contribution < -0.4 is 0 Å². The molecule has 3 heterocycles. The van der Waals surface area contributed by atoms with Crippen molar-refractivity contribution in [3.63, 3.8) is 0 Å². The summed E-state index contributed by atoms with van der Waals surface area (Å²) in [6.07, 6.45) is 1.62. The second-order valence-electron chi connectivity index (χ2n) is 5.87. The van der Waals surface area contributed by atoms with Crippen LogP contribution in [-0.4, -0.2) is 32.9 Å². The number of hydrogen-bond acceptors (Lipinski definition) is 6. The minimum absolute atomic E-state index is 0.0883. The number of aliphatic hydroxyl groups is 1. The lowest BCUT2D eigenvalue weighted by Gasteiger charge is -2.22. The summed E-state index contributed by atoms with van der Waals surface area (Å²) in [6.45, 7) is 0.853. The van der Waals surface area contributed by atoms with Crippen LogP contribution in [0.2, 0.25) is 0 Å². The molecular weight excluding hydrogens is 313 g/mol. The molecule has 124 valence electrons. The second kappa shape index (κ2) is 6.18. The molecule has 7 heteroatoms. The van der Waals surface area contributed by atoms with Gasteiger partial charge in [0.2, 0.25) is 5.89 Å². The monoisotopic (exact) mass is 329 g/mol. The summed E-state index contributed by atoms with van der Waals surface area (Å²) in [6, 6.07) is 9.85. The Hall–Kier alpha value is -2.51. The molecule has 1 N–H and O–H groups in total. The Morgan fingerprint density at radius 1 is 1.25 bits per heavy atom. The third-order valence-corrected chi connectivity index (χ3v) is 4.15. The zero-order chi connectivity index (χ0) is 16.5. The zero-order valence-electron chi connectivity index (χ0n) is 12.8. The lowest BCUT2D eigenvalue weighted by Crippen LogP contribution is -2.24. The normalized spacial score (nSPS) is 21.4. The predicted octanol–water partition coefficient (Wildman–Crippen LogP) is 2.78. The van der Waals surface area contributed by atoms with Crippen LogP contribution in [0.15, 0.2) is 51.5 Å². The predicted molar refractivity (Wildman–Crippen MR) is 82.2 cm³/mol. The fraction of sp³-hybridized carbons (Fsp3) is 0.294. The van der Waals surface area contributed by atoms with Crippen LogP contribution in [-0.2, 0) is 6.54 Å². The van der Waals surface area contributed by atoms with E-state index in [1.807, 2.05) is 11.0 Å². The zero-order valence-corrected chi connectivity index (χ0v) is 12.8. The topological polar surface area (TPSA) is 75.5 Å². The number of hydrogen-bond donors (Lipinski definition) is 1. The molecule has 6 nitrogen and oxygen atoms in total. The Bertz CT molecular complexity index is 818. The van der Waals surface area contributed by atoms with E-state index in [1.165, 1.54) is 18.4 Å². The maximum Gasteiger partial charge on any atom is 0.283 e. The summed E-state index contributed by atoms with van der Waals surface area (Å²) in [5, 5.41) is 18.0. The molecular formula is C17H16FN3O3. The molecule has 0 aliphatic carbocycles. The molecule has 1 aliphatic heterocycles. The van der Waals surface area contributed by atoms with Gasteiger partial charge < -0.3 is 13.9 Å². The number of likely N-dealkylation sites (tertiary alicyclic amines) is 1. The van der Waals surface area contributed by atoms with E-state index in [9.17, 15) is 9.50 Å². The first-order valence-electron chi connectivity index (χ1n) is 7.73. The largest absolute Gasteiger partial charge is 0.459 e. The van der Waals surface area contributed by atoms with Crippen molar-refractivity contribution in [3.05, 3.63) is 59.9 Å². The van der Waals surface area contributed by atoms with Gasteiger partial charge in [-0.25, -0.2) is 4.39 Å². The minimum atomic E-state index is -0.467. The molecule has 24 heavy (non-hydrogen) atoms. The minimum Gasteiger partial charge on any atom is -0.459 e. The Kier molecular flexibility index (Phi) is 3.87. The molecule has 0 spiro atoms. The third kappa shape index (κ3) is 2.95. The summed E-state index contributed by atoms with van der Waals surface area (Å²) in [5.74, 6) is 0.970. The van der Waals surface area contributed by atoms with Crippen LogP contribution in [0.4, 0.5) is 4.39 Å². The van der Waals surface area contributed by atoms with Crippen LogP contribution in [0.5, 0.6) is 0 Å².